The second-order valence-corrected chi connectivity index (χ2v) is 5.35. The van der Waals surface area contributed by atoms with Gasteiger partial charge in [0, 0.05) is 16.6 Å². The lowest BCUT2D eigenvalue weighted by Gasteiger charge is -2.14. The van der Waals surface area contributed by atoms with Crippen molar-refractivity contribution in [3.05, 3.63) is 22.5 Å². The van der Waals surface area contributed by atoms with Gasteiger partial charge in [0.25, 0.3) is 9.05 Å². The SMILES string of the molecule is CC1C=C(S(=O)(=O)Cl)C(O)=C(O)C1=O. The summed E-state index contributed by atoms with van der Waals surface area (Å²) in [5, 5.41) is 18.2. The molecule has 1 aliphatic carbocycles. The third-order valence-corrected chi connectivity index (χ3v) is 3.12. The summed E-state index contributed by atoms with van der Waals surface area (Å²) in [6.07, 6.45) is 0.986. The fourth-order valence-corrected chi connectivity index (χ4v) is 2.10. The van der Waals surface area contributed by atoms with Crippen molar-refractivity contribution in [2.45, 2.75) is 6.92 Å². The number of carbonyl (C=O) groups excluding carboxylic acids is 1. The van der Waals surface area contributed by atoms with E-state index in [1.807, 2.05) is 0 Å². The Bertz CT molecular complexity index is 445. The minimum atomic E-state index is -4.15. The largest absolute Gasteiger partial charge is 0.503 e. The zero-order valence-corrected chi connectivity index (χ0v) is 8.63. The van der Waals surface area contributed by atoms with Crippen LogP contribution in [0.1, 0.15) is 6.92 Å². The summed E-state index contributed by atoms with van der Waals surface area (Å²) in [7, 11) is 0.821. The standard InChI is InChI=1S/C7H7ClO5S/c1-3-2-4(14(8,12)13)6(10)7(11)5(3)9/h2-3,10-11H,1H3. The Labute approximate surface area is 84.7 Å². The third kappa shape index (κ3) is 1.76. The highest BCUT2D eigenvalue weighted by Crippen LogP contribution is 2.28. The average Bonchev–Trinajstić information content (AvgIpc) is 2.06. The molecule has 0 aromatic rings. The number of aliphatic hydroxyl groups is 2. The smallest absolute Gasteiger partial charge is 0.264 e. The molecule has 1 atom stereocenters. The zero-order valence-electron chi connectivity index (χ0n) is 7.06. The summed E-state index contributed by atoms with van der Waals surface area (Å²) in [5.41, 5.74) is 0. The molecule has 0 radical (unpaired) electrons. The van der Waals surface area contributed by atoms with Crippen LogP contribution in [0.4, 0.5) is 0 Å². The van der Waals surface area contributed by atoms with Crippen LogP contribution >= 0.6 is 10.7 Å². The fourth-order valence-electron chi connectivity index (χ4n) is 1.03. The Morgan fingerprint density at radius 2 is 1.86 bits per heavy atom. The number of ketones is 1. The van der Waals surface area contributed by atoms with Gasteiger partial charge in [-0.25, -0.2) is 8.42 Å². The summed E-state index contributed by atoms with van der Waals surface area (Å²) in [6.45, 7) is 1.38. The molecule has 1 aliphatic rings. The van der Waals surface area contributed by atoms with Gasteiger partial charge < -0.3 is 10.2 Å². The molecule has 0 heterocycles. The molecule has 0 spiro atoms. The Morgan fingerprint density at radius 3 is 2.29 bits per heavy atom. The molecule has 0 aliphatic heterocycles. The molecular weight excluding hydrogens is 232 g/mol. The van der Waals surface area contributed by atoms with Crippen molar-refractivity contribution in [1.82, 2.24) is 0 Å². The van der Waals surface area contributed by atoms with Gasteiger partial charge in [0.1, 0.15) is 4.91 Å². The normalized spacial score (nSPS) is 23.7. The molecule has 7 heteroatoms. The van der Waals surface area contributed by atoms with E-state index in [1.165, 1.54) is 6.92 Å². The molecule has 0 fully saturated rings. The lowest BCUT2D eigenvalue weighted by atomic mass is 9.99. The molecule has 0 aromatic heterocycles. The maximum Gasteiger partial charge on any atom is 0.264 e. The molecule has 0 bridgehead atoms. The van der Waals surface area contributed by atoms with Crippen LogP contribution in [0, 0.1) is 5.92 Å². The van der Waals surface area contributed by atoms with E-state index in [0.29, 0.717) is 0 Å². The van der Waals surface area contributed by atoms with Gasteiger partial charge in [-0.2, -0.15) is 0 Å². The lowest BCUT2D eigenvalue weighted by molar-refractivity contribution is -0.120. The molecule has 0 aromatic carbocycles. The van der Waals surface area contributed by atoms with E-state index >= 15 is 0 Å². The van der Waals surface area contributed by atoms with Crippen LogP contribution < -0.4 is 0 Å². The van der Waals surface area contributed by atoms with Crippen LogP contribution in [0.2, 0.25) is 0 Å². The number of Topliss-reactive ketones (excluding diaryl/α,β-unsaturated/α-hetero) is 1. The van der Waals surface area contributed by atoms with Gasteiger partial charge >= 0.3 is 0 Å². The minimum absolute atomic E-state index is 0.635. The van der Waals surface area contributed by atoms with Crippen LogP contribution in [0.15, 0.2) is 22.5 Å². The lowest BCUT2D eigenvalue weighted by Crippen LogP contribution is -2.21. The van der Waals surface area contributed by atoms with Crippen molar-refractivity contribution < 1.29 is 23.4 Å². The summed E-state index contributed by atoms with van der Waals surface area (Å²) < 4.78 is 21.8. The topological polar surface area (TPSA) is 91.7 Å². The predicted molar refractivity (Wildman–Crippen MR) is 49.3 cm³/mol. The first-order valence-electron chi connectivity index (χ1n) is 3.58. The highest BCUT2D eigenvalue weighted by Gasteiger charge is 2.32. The minimum Gasteiger partial charge on any atom is -0.503 e. The number of rotatable bonds is 1. The van der Waals surface area contributed by atoms with Crippen molar-refractivity contribution in [1.29, 1.82) is 0 Å². The molecule has 2 N–H and O–H groups in total. The quantitative estimate of drug-likeness (QED) is 0.665. The maximum atomic E-state index is 11.1. The molecule has 14 heavy (non-hydrogen) atoms. The van der Waals surface area contributed by atoms with Crippen molar-refractivity contribution in [3.8, 4) is 0 Å². The highest BCUT2D eigenvalue weighted by atomic mass is 35.7. The molecule has 5 nitrogen and oxygen atoms in total. The molecule has 1 rings (SSSR count). The van der Waals surface area contributed by atoms with E-state index in [-0.39, 0.29) is 0 Å². The fraction of sp³-hybridized carbons (Fsp3) is 0.286. The Kier molecular flexibility index (Phi) is 2.60. The van der Waals surface area contributed by atoms with E-state index in [9.17, 15) is 13.2 Å². The number of allylic oxidation sites excluding steroid dienone is 2. The molecule has 0 amide bonds. The van der Waals surface area contributed by atoms with Gasteiger partial charge in [-0.1, -0.05) is 6.92 Å². The Morgan fingerprint density at radius 1 is 1.36 bits per heavy atom. The van der Waals surface area contributed by atoms with Crippen LogP contribution in [0.25, 0.3) is 0 Å². The number of halogens is 1. The first-order chi connectivity index (χ1) is 6.25. The second-order valence-electron chi connectivity index (χ2n) is 2.82. The van der Waals surface area contributed by atoms with Crippen molar-refractivity contribution in [2.24, 2.45) is 5.92 Å². The van der Waals surface area contributed by atoms with Crippen LogP contribution in [-0.2, 0) is 13.8 Å². The third-order valence-electron chi connectivity index (χ3n) is 1.77. The molecule has 78 valence electrons. The maximum absolute atomic E-state index is 11.1. The molecule has 0 saturated heterocycles. The van der Waals surface area contributed by atoms with E-state index < -0.39 is 37.2 Å². The number of hydrogen-bond donors (Lipinski definition) is 2. The van der Waals surface area contributed by atoms with E-state index in [0.717, 1.165) is 6.08 Å². The number of aliphatic hydroxyl groups excluding tert-OH is 2. The summed E-state index contributed by atoms with van der Waals surface area (Å²) in [4.78, 5) is 10.4. The zero-order chi connectivity index (χ0) is 11.1. The summed E-state index contributed by atoms with van der Waals surface area (Å²) in [5.74, 6) is -3.54. The molecule has 1 unspecified atom stereocenters. The Hall–Kier alpha value is -1.01. The van der Waals surface area contributed by atoms with Crippen molar-refractivity contribution >= 4 is 25.5 Å². The first kappa shape index (κ1) is 11.1. The van der Waals surface area contributed by atoms with Crippen molar-refractivity contribution in [3.63, 3.8) is 0 Å². The summed E-state index contributed by atoms with van der Waals surface area (Å²) in [6, 6.07) is 0. The highest BCUT2D eigenvalue weighted by molar-refractivity contribution is 8.17. The van der Waals surface area contributed by atoms with E-state index in [2.05, 4.69) is 0 Å². The van der Waals surface area contributed by atoms with Gasteiger partial charge in [0.15, 0.2) is 5.76 Å². The molecule has 0 saturated carbocycles. The van der Waals surface area contributed by atoms with Crippen LogP contribution in [0.3, 0.4) is 0 Å². The number of carbonyl (C=O) groups is 1. The number of hydrogen-bond acceptors (Lipinski definition) is 5. The van der Waals surface area contributed by atoms with Crippen LogP contribution in [-0.4, -0.2) is 24.4 Å². The van der Waals surface area contributed by atoms with E-state index in [1.54, 1.807) is 0 Å². The summed E-state index contributed by atoms with van der Waals surface area (Å²) >= 11 is 0. The van der Waals surface area contributed by atoms with Gasteiger partial charge in [0.2, 0.25) is 11.5 Å². The van der Waals surface area contributed by atoms with E-state index in [4.69, 9.17) is 20.9 Å². The second kappa shape index (κ2) is 3.29. The van der Waals surface area contributed by atoms with Gasteiger partial charge in [-0.05, 0) is 6.08 Å². The van der Waals surface area contributed by atoms with Crippen molar-refractivity contribution in [2.75, 3.05) is 0 Å². The predicted octanol–water partition coefficient (Wildman–Crippen LogP) is 0.985. The average molecular weight is 239 g/mol. The van der Waals surface area contributed by atoms with Gasteiger partial charge in [-0.15, -0.1) is 0 Å². The van der Waals surface area contributed by atoms with Gasteiger partial charge in [0.05, 0.1) is 0 Å². The van der Waals surface area contributed by atoms with Gasteiger partial charge in [-0.3, -0.25) is 4.79 Å². The first-order valence-corrected chi connectivity index (χ1v) is 5.89. The van der Waals surface area contributed by atoms with Crippen LogP contribution in [0.5, 0.6) is 0 Å². The monoisotopic (exact) mass is 238 g/mol. The molecular formula is C7H7ClO5S. The Balaban J connectivity index is 3.37.